The summed E-state index contributed by atoms with van der Waals surface area (Å²) in [6, 6.07) is 0. The fourth-order valence-electron chi connectivity index (χ4n) is 13.4. The van der Waals surface area contributed by atoms with E-state index in [0.29, 0.717) is 25.7 Å². The van der Waals surface area contributed by atoms with E-state index >= 15 is 0 Å². The number of hydrogen-bond acceptors (Lipinski definition) is 13. The van der Waals surface area contributed by atoms with Gasteiger partial charge in [0.1, 0.15) is 36.6 Å². The van der Waals surface area contributed by atoms with E-state index in [1.807, 2.05) is 26.8 Å². The molecule has 4 saturated carbocycles. The summed E-state index contributed by atoms with van der Waals surface area (Å²) in [7, 11) is 0. The topological polar surface area (TPSA) is 267 Å². The number of hydrogen-bond donors (Lipinski definition) is 8. The third kappa shape index (κ3) is 6.25. The second-order valence-electron chi connectivity index (χ2n) is 20.6. The van der Waals surface area contributed by atoms with E-state index in [1.54, 1.807) is 0 Å². The van der Waals surface area contributed by atoms with Crippen molar-refractivity contribution in [3.63, 3.8) is 0 Å². The maximum atomic E-state index is 14.8. The fourth-order valence-corrected chi connectivity index (χ4v) is 13.4. The van der Waals surface area contributed by atoms with Crippen LogP contribution in [0, 0.1) is 50.2 Å². The zero-order valence-electron chi connectivity index (χ0n) is 34.4. The second-order valence-corrected chi connectivity index (χ2v) is 20.6. The Kier molecular flexibility index (Phi) is 10.7. The molecule has 0 aromatic carbocycles. The van der Waals surface area contributed by atoms with Crippen LogP contribution in [0.3, 0.4) is 0 Å². The summed E-state index contributed by atoms with van der Waals surface area (Å²) < 4.78 is 23.4. The van der Waals surface area contributed by atoms with E-state index in [9.17, 15) is 60.0 Å². The molecule has 0 spiro atoms. The van der Waals surface area contributed by atoms with E-state index in [1.165, 1.54) is 0 Å². The van der Waals surface area contributed by atoms with Gasteiger partial charge in [0.25, 0.3) is 0 Å². The van der Waals surface area contributed by atoms with Gasteiger partial charge in [-0.1, -0.05) is 47.1 Å². The van der Waals surface area contributed by atoms with Gasteiger partial charge in [-0.3, -0.25) is 9.59 Å². The van der Waals surface area contributed by atoms with Crippen LogP contribution >= 0.6 is 0 Å². The van der Waals surface area contributed by atoms with Gasteiger partial charge < -0.3 is 59.8 Å². The van der Waals surface area contributed by atoms with Gasteiger partial charge in [-0.25, -0.2) is 9.59 Å². The number of aliphatic carboxylic acids is 3. The third-order valence-electron chi connectivity index (χ3n) is 17.2. The van der Waals surface area contributed by atoms with Gasteiger partial charge in [-0.05, 0) is 110 Å². The molecule has 1 unspecified atom stereocenters. The number of carbonyl (C=O) groups is 4. The molecule has 326 valence electrons. The number of carboxylic acid groups (broad SMARTS) is 3. The SMILES string of the molecule is CC1(C)[C@@H](OC2O[C@H](C(=O)O)[C@@H](O)[C@H](O)[C@H]2O[C@H]2O[C@H](C(=O)O)[C@@H](O)[C@H](O)[C@H]2O)CC[C@]2(C)[C@H]3C(=O)C=C4[C@@H]5C[C@@](C)(C(=O)O)CC[C@]5(C)CC[C@@]4(C)[C@]3(C)CC[C@@H]12. The van der Waals surface area contributed by atoms with Crippen LogP contribution < -0.4 is 0 Å². The summed E-state index contributed by atoms with van der Waals surface area (Å²) in [4.78, 5) is 51.3. The van der Waals surface area contributed by atoms with Crippen LogP contribution in [0.2, 0.25) is 0 Å². The molecule has 8 N–H and O–H groups in total. The van der Waals surface area contributed by atoms with Gasteiger partial charge in [-0.2, -0.15) is 0 Å². The van der Waals surface area contributed by atoms with Crippen molar-refractivity contribution in [2.75, 3.05) is 0 Å². The van der Waals surface area contributed by atoms with Gasteiger partial charge in [-0.15, -0.1) is 0 Å². The third-order valence-corrected chi connectivity index (χ3v) is 17.2. The summed E-state index contributed by atoms with van der Waals surface area (Å²) in [5, 5.41) is 83.0. The first-order chi connectivity index (χ1) is 26.8. The molecule has 58 heavy (non-hydrogen) atoms. The van der Waals surface area contributed by atoms with Crippen LogP contribution in [0.25, 0.3) is 0 Å². The van der Waals surface area contributed by atoms with E-state index < -0.39 is 107 Å². The summed E-state index contributed by atoms with van der Waals surface area (Å²) in [6.07, 6.45) is -12.2. The average molecular weight is 823 g/mol. The first-order valence-electron chi connectivity index (χ1n) is 20.7. The Morgan fingerprint density at radius 2 is 1.28 bits per heavy atom. The predicted molar refractivity (Wildman–Crippen MR) is 199 cm³/mol. The van der Waals surface area contributed by atoms with Gasteiger partial charge >= 0.3 is 17.9 Å². The number of carbonyl (C=O) groups excluding carboxylic acids is 1. The summed E-state index contributed by atoms with van der Waals surface area (Å²) in [6.45, 7) is 14.8. The molecule has 7 aliphatic rings. The number of ketones is 1. The van der Waals surface area contributed by atoms with Crippen LogP contribution in [0.1, 0.15) is 106 Å². The van der Waals surface area contributed by atoms with E-state index in [-0.39, 0.29) is 34.4 Å². The standard InChI is InChI=1S/C42H62O16/c1-37(2)21-8-11-42(7)31(20(43)16-18-19-17-39(4,36(53)54)13-12-38(19,3)14-15-41(18,42)6)40(21,5)10-9-22(37)55-35-30(26(47)25(46)29(57-35)33(51)52)58-34-27(48)23(44)24(45)28(56-34)32(49)50/h16,19,21-31,34-35,44-48H,8-15,17H2,1-7H3,(H,49,50)(H,51,52)(H,53,54)/t19-,21-,22-,23-,24-,25-,26-,27+,28-,29-,30+,31+,34+,35?,38+,39-,40-,41+,42+/m0/s1. The molecule has 16 heteroatoms. The quantitative estimate of drug-likeness (QED) is 0.171. The molecular weight excluding hydrogens is 760 g/mol. The van der Waals surface area contributed by atoms with E-state index in [2.05, 4.69) is 27.7 Å². The Morgan fingerprint density at radius 1 is 0.690 bits per heavy atom. The molecule has 0 radical (unpaired) electrons. The zero-order chi connectivity index (χ0) is 42.9. The molecule has 0 bridgehead atoms. The van der Waals surface area contributed by atoms with Crippen LogP contribution in [-0.2, 0) is 38.1 Å². The van der Waals surface area contributed by atoms with Crippen molar-refractivity contribution >= 4 is 23.7 Å². The first kappa shape index (κ1) is 43.5. The minimum atomic E-state index is -2.05. The lowest BCUT2D eigenvalue weighted by Crippen LogP contribution is -2.68. The highest BCUT2D eigenvalue weighted by Gasteiger charge is 2.71. The van der Waals surface area contributed by atoms with Crippen LogP contribution in [0.15, 0.2) is 11.6 Å². The Morgan fingerprint density at radius 3 is 1.88 bits per heavy atom. The van der Waals surface area contributed by atoms with Crippen molar-refractivity contribution in [1.29, 1.82) is 0 Å². The number of allylic oxidation sites excluding steroid dienone is 2. The van der Waals surface area contributed by atoms with Gasteiger partial charge in [0.05, 0.1) is 11.5 Å². The molecule has 5 aliphatic carbocycles. The van der Waals surface area contributed by atoms with Crippen LogP contribution in [0.5, 0.6) is 0 Å². The number of fused-ring (bicyclic) bond motifs is 7. The largest absolute Gasteiger partial charge is 0.481 e. The lowest BCUT2D eigenvalue weighted by Gasteiger charge is -2.70. The highest BCUT2D eigenvalue weighted by atomic mass is 16.8. The van der Waals surface area contributed by atoms with Gasteiger partial charge in [0.2, 0.25) is 0 Å². The van der Waals surface area contributed by atoms with Crippen molar-refractivity contribution in [1.82, 2.24) is 0 Å². The van der Waals surface area contributed by atoms with E-state index in [0.717, 1.165) is 37.7 Å². The molecule has 2 saturated heterocycles. The lowest BCUT2D eigenvalue weighted by atomic mass is 9.33. The highest BCUT2D eigenvalue weighted by molar-refractivity contribution is 5.95. The maximum Gasteiger partial charge on any atom is 0.335 e. The van der Waals surface area contributed by atoms with E-state index in [4.69, 9.17) is 18.9 Å². The summed E-state index contributed by atoms with van der Waals surface area (Å²) in [5.74, 6) is -4.47. The van der Waals surface area contributed by atoms with Crippen molar-refractivity contribution in [3.05, 3.63) is 11.6 Å². The zero-order valence-corrected chi connectivity index (χ0v) is 34.4. The Hall–Kier alpha value is -2.54. The minimum absolute atomic E-state index is 0.0217. The second kappa shape index (κ2) is 14.3. The molecule has 6 fully saturated rings. The smallest absolute Gasteiger partial charge is 0.335 e. The number of rotatable bonds is 7. The lowest BCUT2D eigenvalue weighted by molar-refractivity contribution is -0.371. The summed E-state index contributed by atoms with van der Waals surface area (Å²) in [5.41, 5.74) is -1.81. The molecule has 7 rings (SSSR count). The predicted octanol–water partition coefficient (Wildman–Crippen LogP) is 2.25. The van der Waals surface area contributed by atoms with Crippen molar-refractivity contribution in [2.24, 2.45) is 50.2 Å². The molecule has 0 aromatic rings. The number of aliphatic hydroxyl groups excluding tert-OH is 5. The molecule has 16 nitrogen and oxygen atoms in total. The normalized spacial score (nSPS) is 52.6. The number of carboxylic acids is 3. The summed E-state index contributed by atoms with van der Waals surface area (Å²) >= 11 is 0. The molecule has 2 aliphatic heterocycles. The van der Waals surface area contributed by atoms with Crippen molar-refractivity contribution < 1.29 is 79.0 Å². The molecule has 2 heterocycles. The highest BCUT2D eigenvalue weighted by Crippen LogP contribution is 2.75. The first-order valence-corrected chi connectivity index (χ1v) is 20.7. The van der Waals surface area contributed by atoms with Crippen LogP contribution in [-0.4, -0.2) is 132 Å². The van der Waals surface area contributed by atoms with Crippen molar-refractivity contribution in [3.8, 4) is 0 Å². The van der Waals surface area contributed by atoms with Gasteiger partial charge in [0, 0.05) is 5.92 Å². The monoisotopic (exact) mass is 822 g/mol. The molecule has 0 amide bonds. The Bertz CT molecular complexity index is 1730. The van der Waals surface area contributed by atoms with Crippen molar-refractivity contribution in [2.45, 2.75) is 174 Å². The fraction of sp³-hybridized carbons (Fsp3) is 0.857. The maximum absolute atomic E-state index is 14.8. The van der Waals surface area contributed by atoms with Gasteiger partial charge in [0.15, 0.2) is 30.6 Å². The molecule has 0 aromatic heterocycles. The molecule has 19 atom stereocenters. The number of aliphatic hydroxyl groups is 5. The van der Waals surface area contributed by atoms with Crippen LogP contribution in [0.4, 0.5) is 0 Å². The molecular formula is C42H62O16. The average Bonchev–Trinajstić information content (AvgIpc) is 3.13. The number of ether oxygens (including phenoxy) is 4. The Labute approximate surface area is 337 Å². The Balaban J connectivity index is 1.17. The minimum Gasteiger partial charge on any atom is -0.481 e.